The number of hydrogen-bond donors (Lipinski definition) is 1. The molecule has 3 aliphatic rings. The predicted molar refractivity (Wildman–Crippen MR) is 111 cm³/mol. The van der Waals surface area contributed by atoms with Gasteiger partial charge in [0, 0.05) is 68.3 Å². The van der Waals surface area contributed by atoms with E-state index in [-0.39, 0.29) is 17.2 Å². The van der Waals surface area contributed by atoms with E-state index >= 15 is 0 Å². The fourth-order valence-corrected chi connectivity index (χ4v) is 5.06. The van der Waals surface area contributed by atoms with Gasteiger partial charge in [0.05, 0.1) is 13.2 Å². The van der Waals surface area contributed by atoms with E-state index < -0.39 is 5.97 Å². The molecule has 2 fully saturated rings. The fraction of sp³-hybridized carbons (Fsp3) is 0.500. The molecule has 2 aromatic rings. The van der Waals surface area contributed by atoms with Crippen molar-refractivity contribution in [3.05, 3.63) is 57.8 Å². The topological polar surface area (TPSA) is 87.9 Å². The van der Waals surface area contributed by atoms with Gasteiger partial charge < -0.3 is 19.3 Å². The lowest BCUT2D eigenvalue weighted by Gasteiger charge is -2.44. The van der Waals surface area contributed by atoms with Crippen molar-refractivity contribution >= 4 is 11.7 Å². The highest BCUT2D eigenvalue weighted by atomic mass is 16.5. The molecule has 0 spiro atoms. The number of morpholine rings is 1. The van der Waals surface area contributed by atoms with Crippen LogP contribution in [0.2, 0.25) is 0 Å². The smallest absolute Gasteiger partial charge is 0.354 e. The fourth-order valence-electron chi connectivity index (χ4n) is 5.06. The number of carboxylic acids is 1. The molecule has 3 aliphatic heterocycles. The Hall–Kier alpha value is -2.71. The number of hydrogen-bond acceptors (Lipinski definition) is 6. The predicted octanol–water partition coefficient (Wildman–Crippen LogP) is 1.40. The van der Waals surface area contributed by atoms with Crippen molar-refractivity contribution in [2.45, 2.75) is 25.4 Å². The number of rotatable bonds is 4. The minimum atomic E-state index is -1.02. The molecule has 5 heterocycles. The van der Waals surface area contributed by atoms with Gasteiger partial charge in [0.25, 0.3) is 5.56 Å². The molecular formula is C22H26N4O4. The van der Waals surface area contributed by atoms with Crippen LogP contribution in [0.5, 0.6) is 0 Å². The molecule has 1 N–H and O–H groups in total. The Labute approximate surface area is 174 Å². The maximum Gasteiger partial charge on any atom is 0.354 e. The first-order valence-electron chi connectivity index (χ1n) is 10.6. The molecule has 0 unspecified atom stereocenters. The van der Waals surface area contributed by atoms with E-state index in [1.54, 1.807) is 12.3 Å². The third-order valence-corrected chi connectivity index (χ3v) is 6.51. The molecule has 158 valence electrons. The van der Waals surface area contributed by atoms with Crippen molar-refractivity contribution in [2.24, 2.45) is 5.92 Å². The number of aromatic carboxylic acids is 1. The van der Waals surface area contributed by atoms with Crippen LogP contribution in [0.3, 0.4) is 0 Å². The molecular weight excluding hydrogens is 384 g/mol. The lowest BCUT2D eigenvalue weighted by molar-refractivity contribution is 0.0339. The second-order valence-corrected chi connectivity index (χ2v) is 8.50. The van der Waals surface area contributed by atoms with Crippen LogP contribution in [0.25, 0.3) is 0 Å². The van der Waals surface area contributed by atoms with Gasteiger partial charge in [0.2, 0.25) is 0 Å². The summed E-state index contributed by atoms with van der Waals surface area (Å²) in [6.45, 7) is 6.18. The minimum Gasteiger partial charge on any atom is -0.477 e. The molecule has 2 saturated heterocycles. The number of piperidine rings is 1. The molecule has 0 radical (unpaired) electrons. The van der Waals surface area contributed by atoms with Gasteiger partial charge in [-0.2, -0.15) is 0 Å². The first-order chi connectivity index (χ1) is 14.6. The molecule has 5 rings (SSSR count). The van der Waals surface area contributed by atoms with Crippen LogP contribution in [0.15, 0.2) is 35.3 Å². The van der Waals surface area contributed by atoms with Crippen molar-refractivity contribution < 1.29 is 14.6 Å². The van der Waals surface area contributed by atoms with Gasteiger partial charge in [-0.05, 0) is 30.5 Å². The van der Waals surface area contributed by atoms with Gasteiger partial charge in [-0.1, -0.05) is 6.07 Å². The average Bonchev–Trinajstić information content (AvgIpc) is 2.77. The summed E-state index contributed by atoms with van der Waals surface area (Å²) in [5, 5.41) is 9.24. The zero-order valence-corrected chi connectivity index (χ0v) is 16.9. The number of pyridine rings is 2. The van der Waals surface area contributed by atoms with Crippen LogP contribution in [-0.2, 0) is 17.8 Å². The Kier molecular flexibility index (Phi) is 5.04. The normalized spacial score (nSPS) is 23.8. The Morgan fingerprint density at radius 3 is 2.80 bits per heavy atom. The summed E-state index contributed by atoms with van der Waals surface area (Å²) in [6.07, 6.45) is 2.62. The van der Waals surface area contributed by atoms with E-state index in [1.807, 2.05) is 16.7 Å². The summed E-state index contributed by atoms with van der Waals surface area (Å²) in [4.78, 5) is 32.9. The molecule has 30 heavy (non-hydrogen) atoms. The molecule has 2 atom stereocenters. The van der Waals surface area contributed by atoms with Crippen molar-refractivity contribution in [1.82, 2.24) is 14.5 Å². The third kappa shape index (κ3) is 3.61. The molecule has 0 amide bonds. The van der Waals surface area contributed by atoms with E-state index in [2.05, 4.69) is 20.9 Å². The number of carboxylic acid groups (broad SMARTS) is 1. The lowest BCUT2D eigenvalue weighted by atomic mass is 9.82. The summed E-state index contributed by atoms with van der Waals surface area (Å²) < 4.78 is 7.40. The number of ether oxygens (including phenoxy) is 1. The summed E-state index contributed by atoms with van der Waals surface area (Å²) in [5.41, 5.74) is 3.04. The maximum atomic E-state index is 13.2. The van der Waals surface area contributed by atoms with Gasteiger partial charge in [-0.25, -0.2) is 9.78 Å². The van der Waals surface area contributed by atoms with E-state index in [0.717, 1.165) is 69.3 Å². The van der Waals surface area contributed by atoms with Crippen LogP contribution in [0, 0.1) is 5.92 Å². The van der Waals surface area contributed by atoms with Gasteiger partial charge >= 0.3 is 5.97 Å². The van der Waals surface area contributed by atoms with Gasteiger partial charge in [0.1, 0.15) is 5.69 Å². The summed E-state index contributed by atoms with van der Waals surface area (Å²) in [5.74, 6) is -0.378. The molecule has 8 nitrogen and oxygen atoms in total. The Morgan fingerprint density at radius 2 is 2.00 bits per heavy atom. The average molecular weight is 410 g/mol. The lowest BCUT2D eigenvalue weighted by Crippen LogP contribution is -2.48. The zero-order valence-electron chi connectivity index (χ0n) is 16.9. The van der Waals surface area contributed by atoms with Crippen molar-refractivity contribution in [1.29, 1.82) is 0 Å². The number of carbonyl (C=O) groups is 1. The highest BCUT2D eigenvalue weighted by Gasteiger charge is 2.35. The molecule has 0 aliphatic carbocycles. The summed E-state index contributed by atoms with van der Waals surface area (Å²) in [6, 6.07) is 7.63. The highest BCUT2D eigenvalue weighted by Crippen LogP contribution is 2.37. The van der Waals surface area contributed by atoms with E-state index in [9.17, 15) is 14.7 Å². The SMILES string of the molecule is O=C(O)c1cc(N2C[C@@H]3C[C@H](C2)c2ccc(CN4CCOCC4)c(=O)n2C3)ccn1. The van der Waals surface area contributed by atoms with E-state index in [1.165, 1.54) is 0 Å². The number of fused-ring (bicyclic) bond motifs is 4. The van der Waals surface area contributed by atoms with Gasteiger partial charge in [-0.3, -0.25) is 9.69 Å². The third-order valence-electron chi connectivity index (χ3n) is 6.51. The maximum absolute atomic E-state index is 13.2. The molecule has 0 aromatic carbocycles. The molecule has 0 saturated carbocycles. The van der Waals surface area contributed by atoms with Crippen LogP contribution in [0.1, 0.15) is 34.1 Å². The quantitative estimate of drug-likeness (QED) is 0.815. The van der Waals surface area contributed by atoms with Crippen LogP contribution in [-0.4, -0.2) is 64.9 Å². The van der Waals surface area contributed by atoms with Crippen LogP contribution in [0.4, 0.5) is 5.69 Å². The number of nitrogens with zero attached hydrogens (tertiary/aromatic N) is 4. The van der Waals surface area contributed by atoms with Crippen molar-refractivity contribution in [3.63, 3.8) is 0 Å². The summed E-state index contributed by atoms with van der Waals surface area (Å²) in [7, 11) is 0. The monoisotopic (exact) mass is 410 g/mol. The van der Waals surface area contributed by atoms with Gasteiger partial charge in [0.15, 0.2) is 0 Å². The molecule has 2 aromatic heterocycles. The minimum absolute atomic E-state index is 0.0626. The van der Waals surface area contributed by atoms with E-state index in [0.29, 0.717) is 12.5 Å². The van der Waals surface area contributed by atoms with Crippen LogP contribution < -0.4 is 10.5 Å². The van der Waals surface area contributed by atoms with Crippen LogP contribution >= 0.6 is 0 Å². The van der Waals surface area contributed by atoms with E-state index in [4.69, 9.17) is 4.74 Å². The summed E-state index contributed by atoms with van der Waals surface area (Å²) >= 11 is 0. The second kappa shape index (κ2) is 7.85. The Morgan fingerprint density at radius 1 is 1.17 bits per heavy atom. The first kappa shape index (κ1) is 19.3. The first-order valence-corrected chi connectivity index (χ1v) is 10.6. The van der Waals surface area contributed by atoms with Crippen molar-refractivity contribution in [2.75, 3.05) is 44.3 Å². The van der Waals surface area contributed by atoms with Gasteiger partial charge in [-0.15, -0.1) is 0 Å². The molecule has 2 bridgehead atoms. The Balaban J connectivity index is 1.39. The largest absolute Gasteiger partial charge is 0.477 e. The highest BCUT2D eigenvalue weighted by molar-refractivity contribution is 5.86. The Bertz CT molecular complexity index is 1010. The standard InChI is InChI=1S/C22H26N4O4/c27-21-16(13-24-5-7-30-8-6-24)1-2-20-17-9-15(12-26(20)21)11-25(14-17)18-3-4-23-19(10-18)22(28)29/h1-4,10,15,17H,5-9,11-14H2,(H,28,29)/t15-,17+/m0/s1. The molecule has 8 heteroatoms. The number of anilines is 1. The zero-order chi connectivity index (χ0) is 20.7. The second-order valence-electron chi connectivity index (χ2n) is 8.50. The van der Waals surface area contributed by atoms with Crippen molar-refractivity contribution in [3.8, 4) is 0 Å². The number of aromatic nitrogens is 2.